The quantitative estimate of drug-likeness (QED) is 0.399. The molecule has 2 heterocycles. The van der Waals surface area contributed by atoms with Gasteiger partial charge < -0.3 is 9.47 Å². The predicted octanol–water partition coefficient (Wildman–Crippen LogP) is 4.23. The van der Waals surface area contributed by atoms with Gasteiger partial charge in [-0.1, -0.05) is 29.8 Å². The summed E-state index contributed by atoms with van der Waals surface area (Å²) in [6.45, 7) is 2.00. The van der Waals surface area contributed by atoms with Gasteiger partial charge in [0.1, 0.15) is 11.5 Å². The van der Waals surface area contributed by atoms with Crippen LogP contribution in [0.3, 0.4) is 0 Å². The number of rotatable bonds is 3. The Morgan fingerprint density at radius 3 is 2.67 bits per heavy atom. The fourth-order valence-electron chi connectivity index (χ4n) is 2.69. The first-order valence-corrected chi connectivity index (χ1v) is 8.37. The summed E-state index contributed by atoms with van der Waals surface area (Å²) in [4.78, 5) is 28.5. The Hall–Kier alpha value is -3.73. The minimum absolute atomic E-state index is 0.198. The minimum atomic E-state index is -0.525. The highest BCUT2D eigenvalue weighted by molar-refractivity contribution is 6.14. The van der Waals surface area contributed by atoms with E-state index in [1.54, 1.807) is 36.5 Å². The molecule has 0 radical (unpaired) electrons. The van der Waals surface area contributed by atoms with E-state index in [2.05, 4.69) is 4.98 Å². The van der Waals surface area contributed by atoms with Crippen LogP contribution < -0.4 is 9.47 Å². The van der Waals surface area contributed by atoms with Gasteiger partial charge in [0.25, 0.3) is 0 Å². The summed E-state index contributed by atoms with van der Waals surface area (Å²) in [5.74, 6) is 0.185. The Kier molecular flexibility index (Phi) is 4.26. The second-order valence-electron chi connectivity index (χ2n) is 6.14. The van der Waals surface area contributed by atoms with Gasteiger partial charge in [-0.15, -0.1) is 0 Å². The maximum absolute atomic E-state index is 12.5. The monoisotopic (exact) mass is 357 g/mol. The first kappa shape index (κ1) is 16.7. The molecule has 0 bridgehead atoms. The van der Waals surface area contributed by atoms with Gasteiger partial charge in [0.15, 0.2) is 5.76 Å². The molecule has 0 unspecified atom stereocenters. The van der Waals surface area contributed by atoms with E-state index in [9.17, 15) is 9.59 Å². The fraction of sp³-hybridized carbons (Fsp3) is 0.0455. The van der Waals surface area contributed by atoms with Gasteiger partial charge in [-0.05, 0) is 42.8 Å². The van der Waals surface area contributed by atoms with Crippen LogP contribution in [0, 0.1) is 6.92 Å². The van der Waals surface area contributed by atoms with Gasteiger partial charge in [0, 0.05) is 18.5 Å². The number of esters is 1. The summed E-state index contributed by atoms with van der Waals surface area (Å²) < 4.78 is 11.0. The number of allylic oxidation sites excluding steroid dienone is 1. The maximum atomic E-state index is 12.5. The van der Waals surface area contributed by atoms with Gasteiger partial charge in [-0.3, -0.25) is 9.78 Å². The Labute approximate surface area is 155 Å². The van der Waals surface area contributed by atoms with Crippen LogP contribution in [0.25, 0.3) is 6.08 Å². The van der Waals surface area contributed by atoms with Crippen molar-refractivity contribution >= 4 is 17.8 Å². The lowest BCUT2D eigenvalue weighted by atomic mass is 10.1. The molecule has 0 N–H and O–H groups in total. The number of ether oxygens (including phenoxy) is 2. The maximum Gasteiger partial charge on any atom is 0.345 e. The molecule has 4 rings (SSSR count). The largest absolute Gasteiger partial charge is 0.452 e. The van der Waals surface area contributed by atoms with Crippen LogP contribution in [0.2, 0.25) is 0 Å². The van der Waals surface area contributed by atoms with Crippen LogP contribution >= 0.6 is 0 Å². The number of Topliss-reactive ketones (excluding diaryl/α,β-unsaturated/α-hetero) is 1. The number of pyridine rings is 1. The van der Waals surface area contributed by atoms with Crippen LogP contribution in [-0.2, 0) is 0 Å². The number of ketones is 1. The molecule has 0 atom stereocenters. The second-order valence-corrected chi connectivity index (χ2v) is 6.14. The number of fused-ring (bicyclic) bond motifs is 1. The van der Waals surface area contributed by atoms with E-state index < -0.39 is 5.97 Å². The number of hydrogen-bond acceptors (Lipinski definition) is 5. The molecule has 0 fully saturated rings. The zero-order valence-electron chi connectivity index (χ0n) is 14.5. The average molecular weight is 357 g/mol. The van der Waals surface area contributed by atoms with Crippen molar-refractivity contribution in [2.75, 3.05) is 0 Å². The number of aromatic nitrogens is 1. The molecule has 5 nitrogen and oxygen atoms in total. The van der Waals surface area contributed by atoms with Crippen molar-refractivity contribution in [2.45, 2.75) is 6.92 Å². The summed E-state index contributed by atoms with van der Waals surface area (Å²) >= 11 is 0. The van der Waals surface area contributed by atoms with Crippen molar-refractivity contribution in [3.63, 3.8) is 0 Å². The third kappa shape index (κ3) is 3.48. The Morgan fingerprint density at radius 2 is 1.93 bits per heavy atom. The molecule has 27 heavy (non-hydrogen) atoms. The molecule has 132 valence electrons. The lowest BCUT2D eigenvalue weighted by Gasteiger charge is -2.05. The number of benzene rings is 2. The highest BCUT2D eigenvalue weighted by Gasteiger charge is 2.28. The standard InChI is InChI=1S/C22H15NO4/c1-14-4-6-15(7-5-14)11-20-21(24)18-9-8-17(12-19(18)27-20)26-22(25)16-3-2-10-23-13-16/h2-13H,1H3/b20-11-. The number of carbonyl (C=O) groups is 2. The molecule has 0 aliphatic carbocycles. The minimum Gasteiger partial charge on any atom is -0.452 e. The Morgan fingerprint density at radius 1 is 1.11 bits per heavy atom. The SMILES string of the molecule is Cc1ccc(/C=C2\Oc3cc(OC(=O)c4cccnc4)ccc3C2=O)cc1. The number of aryl methyl sites for hydroxylation is 1. The van der Waals surface area contributed by atoms with Gasteiger partial charge in [-0.25, -0.2) is 4.79 Å². The molecule has 1 aromatic heterocycles. The lowest BCUT2D eigenvalue weighted by molar-refractivity contribution is 0.0734. The normalized spacial score (nSPS) is 14.0. The van der Waals surface area contributed by atoms with Crippen molar-refractivity contribution in [2.24, 2.45) is 0 Å². The molecular formula is C22H15NO4. The first-order chi connectivity index (χ1) is 13.1. The zero-order chi connectivity index (χ0) is 18.8. The van der Waals surface area contributed by atoms with Crippen LogP contribution in [-0.4, -0.2) is 16.7 Å². The molecule has 0 saturated heterocycles. The molecule has 1 aliphatic rings. The summed E-state index contributed by atoms with van der Waals surface area (Å²) in [6.07, 6.45) is 4.70. The zero-order valence-corrected chi connectivity index (χ0v) is 14.5. The molecule has 2 aromatic carbocycles. The number of nitrogens with zero attached hydrogens (tertiary/aromatic N) is 1. The summed E-state index contributed by atoms with van der Waals surface area (Å²) in [6, 6.07) is 15.8. The molecule has 0 amide bonds. The van der Waals surface area contributed by atoms with E-state index in [0.29, 0.717) is 22.6 Å². The lowest BCUT2D eigenvalue weighted by Crippen LogP contribution is -2.08. The van der Waals surface area contributed by atoms with Gasteiger partial charge in [0.05, 0.1) is 11.1 Å². The topological polar surface area (TPSA) is 65.5 Å². The van der Waals surface area contributed by atoms with E-state index >= 15 is 0 Å². The summed E-state index contributed by atoms with van der Waals surface area (Å²) in [7, 11) is 0. The smallest absolute Gasteiger partial charge is 0.345 e. The Bertz CT molecular complexity index is 1050. The van der Waals surface area contributed by atoms with Crippen molar-refractivity contribution < 1.29 is 19.1 Å². The number of hydrogen-bond donors (Lipinski definition) is 0. The van der Waals surface area contributed by atoms with Crippen molar-refractivity contribution in [1.29, 1.82) is 0 Å². The fourth-order valence-corrected chi connectivity index (χ4v) is 2.69. The molecule has 3 aromatic rings. The first-order valence-electron chi connectivity index (χ1n) is 8.37. The van der Waals surface area contributed by atoms with Crippen LogP contribution in [0.4, 0.5) is 0 Å². The Balaban J connectivity index is 1.55. The van der Waals surface area contributed by atoms with Gasteiger partial charge in [0.2, 0.25) is 5.78 Å². The molecule has 5 heteroatoms. The summed E-state index contributed by atoms with van der Waals surface area (Å²) in [5.41, 5.74) is 2.80. The van der Waals surface area contributed by atoms with Crippen molar-refractivity contribution in [3.05, 3.63) is 95.0 Å². The summed E-state index contributed by atoms with van der Waals surface area (Å²) in [5, 5.41) is 0. The van der Waals surface area contributed by atoms with E-state index in [0.717, 1.165) is 11.1 Å². The predicted molar refractivity (Wildman–Crippen MR) is 99.8 cm³/mol. The van der Waals surface area contributed by atoms with Gasteiger partial charge in [-0.2, -0.15) is 0 Å². The van der Waals surface area contributed by atoms with E-state index in [-0.39, 0.29) is 11.5 Å². The van der Waals surface area contributed by atoms with Crippen LogP contribution in [0.5, 0.6) is 11.5 Å². The molecule has 0 spiro atoms. The van der Waals surface area contributed by atoms with Gasteiger partial charge >= 0.3 is 5.97 Å². The van der Waals surface area contributed by atoms with E-state index in [1.165, 1.54) is 12.3 Å². The number of carbonyl (C=O) groups excluding carboxylic acids is 2. The third-order valence-corrected chi connectivity index (χ3v) is 4.12. The van der Waals surface area contributed by atoms with Crippen molar-refractivity contribution in [1.82, 2.24) is 4.98 Å². The highest BCUT2D eigenvalue weighted by Crippen LogP contribution is 2.35. The molecular weight excluding hydrogens is 342 g/mol. The van der Waals surface area contributed by atoms with Crippen LogP contribution in [0.1, 0.15) is 31.8 Å². The highest BCUT2D eigenvalue weighted by atomic mass is 16.5. The third-order valence-electron chi connectivity index (χ3n) is 4.12. The second kappa shape index (κ2) is 6.88. The van der Waals surface area contributed by atoms with E-state index in [1.807, 2.05) is 31.2 Å². The molecule has 1 aliphatic heterocycles. The van der Waals surface area contributed by atoms with E-state index in [4.69, 9.17) is 9.47 Å². The molecule has 0 saturated carbocycles. The van der Waals surface area contributed by atoms with Crippen molar-refractivity contribution in [3.8, 4) is 11.5 Å². The van der Waals surface area contributed by atoms with Crippen LogP contribution in [0.15, 0.2) is 72.8 Å². The average Bonchev–Trinajstić information content (AvgIpc) is 2.99.